The number of halogens is 3. The topological polar surface area (TPSA) is 138 Å². The van der Waals surface area contributed by atoms with Crippen molar-refractivity contribution >= 4 is 18.0 Å². The summed E-state index contributed by atoms with van der Waals surface area (Å²) in [6.45, 7) is 4.62. The lowest BCUT2D eigenvalue weighted by Crippen LogP contribution is -2.48. The minimum absolute atomic E-state index is 0.188. The summed E-state index contributed by atoms with van der Waals surface area (Å²) in [5.41, 5.74) is 1.74. The molecule has 0 saturated heterocycles. The summed E-state index contributed by atoms with van der Waals surface area (Å²) in [4.78, 5) is 36.7. The van der Waals surface area contributed by atoms with Crippen LogP contribution in [0.4, 0.5) is 18.0 Å². The third-order valence-corrected chi connectivity index (χ3v) is 4.60. The van der Waals surface area contributed by atoms with Crippen molar-refractivity contribution in [3.63, 3.8) is 0 Å². The normalized spacial score (nSPS) is 12.6. The van der Waals surface area contributed by atoms with Crippen molar-refractivity contribution in [2.24, 2.45) is 5.92 Å². The average Bonchev–Trinajstić information content (AvgIpc) is 2.81. The van der Waals surface area contributed by atoms with Gasteiger partial charge >= 0.3 is 24.2 Å². The molecule has 0 unspecified atom stereocenters. The molecule has 9 nitrogen and oxygen atoms in total. The Labute approximate surface area is 206 Å². The predicted octanol–water partition coefficient (Wildman–Crippen LogP) is 3.64. The summed E-state index contributed by atoms with van der Waals surface area (Å²) in [6, 6.07) is 12.1. The molecule has 4 N–H and O–H groups in total. The van der Waals surface area contributed by atoms with E-state index in [4.69, 9.17) is 14.6 Å². The van der Waals surface area contributed by atoms with Gasteiger partial charge in [-0.2, -0.15) is 13.2 Å². The lowest BCUT2D eigenvalue weighted by molar-refractivity contribution is -0.192. The first-order valence-electron chi connectivity index (χ1n) is 11.0. The van der Waals surface area contributed by atoms with Crippen molar-refractivity contribution in [1.29, 1.82) is 0 Å². The summed E-state index contributed by atoms with van der Waals surface area (Å²) < 4.78 is 37.0. The Morgan fingerprint density at radius 2 is 1.64 bits per heavy atom. The fourth-order valence-electron chi connectivity index (χ4n) is 2.98. The number of alkyl halides is 3. The van der Waals surface area contributed by atoms with Crippen molar-refractivity contribution in [3.8, 4) is 0 Å². The number of ether oxygens (including phenoxy) is 1. The third-order valence-electron chi connectivity index (χ3n) is 4.60. The van der Waals surface area contributed by atoms with E-state index in [1.807, 2.05) is 50.2 Å². The van der Waals surface area contributed by atoms with E-state index in [0.717, 1.165) is 11.1 Å². The SMILES string of the molecule is CC(C)C[C@@H](CN[C@@H](Cc1cccnc1)C(=O)O)NC(=O)OCc1ccccc1.O=C(O)C(F)(F)F. The molecule has 0 spiro atoms. The maximum Gasteiger partial charge on any atom is 0.490 e. The number of aliphatic carboxylic acids is 2. The fraction of sp³-hybridized carbons (Fsp3) is 0.417. The number of benzene rings is 1. The number of nitrogens with zero attached hydrogens (tertiary/aromatic N) is 1. The average molecular weight is 514 g/mol. The zero-order valence-corrected chi connectivity index (χ0v) is 19.9. The molecule has 0 aliphatic heterocycles. The number of carbonyl (C=O) groups is 3. The third kappa shape index (κ3) is 13.3. The van der Waals surface area contributed by atoms with E-state index in [1.165, 1.54) is 0 Å². The van der Waals surface area contributed by atoms with Gasteiger partial charge in [0.25, 0.3) is 0 Å². The van der Waals surface area contributed by atoms with Crippen LogP contribution in [0.3, 0.4) is 0 Å². The van der Waals surface area contributed by atoms with E-state index in [0.29, 0.717) is 25.3 Å². The quantitative estimate of drug-likeness (QED) is 0.357. The Kier molecular flexibility index (Phi) is 12.9. The number of carbonyl (C=O) groups excluding carboxylic acids is 1. The molecule has 0 aliphatic rings. The predicted molar refractivity (Wildman–Crippen MR) is 124 cm³/mol. The van der Waals surface area contributed by atoms with Crippen molar-refractivity contribution < 1.29 is 42.5 Å². The zero-order chi connectivity index (χ0) is 27.1. The van der Waals surface area contributed by atoms with Crippen LogP contribution in [0.1, 0.15) is 31.4 Å². The number of rotatable bonds is 11. The van der Waals surface area contributed by atoms with E-state index in [-0.39, 0.29) is 12.6 Å². The van der Waals surface area contributed by atoms with E-state index in [9.17, 15) is 27.9 Å². The Balaban J connectivity index is 0.000000809. The second kappa shape index (κ2) is 15.4. The monoisotopic (exact) mass is 513 g/mol. The van der Waals surface area contributed by atoms with E-state index in [1.54, 1.807) is 18.5 Å². The largest absolute Gasteiger partial charge is 0.490 e. The highest BCUT2D eigenvalue weighted by Gasteiger charge is 2.38. The van der Waals surface area contributed by atoms with Gasteiger partial charge in [0.05, 0.1) is 0 Å². The molecule has 0 fully saturated rings. The molecule has 12 heteroatoms. The molecule has 1 amide bonds. The van der Waals surface area contributed by atoms with Crippen LogP contribution in [0.15, 0.2) is 54.9 Å². The van der Waals surface area contributed by atoms with Crippen LogP contribution in [0.5, 0.6) is 0 Å². The smallest absolute Gasteiger partial charge is 0.480 e. The first-order chi connectivity index (χ1) is 16.9. The second-order valence-corrected chi connectivity index (χ2v) is 8.20. The fourth-order valence-corrected chi connectivity index (χ4v) is 2.98. The number of carboxylic acids is 2. The highest BCUT2D eigenvalue weighted by Crippen LogP contribution is 2.13. The maximum absolute atomic E-state index is 12.2. The van der Waals surface area contributed by atoms with Crippen LogP contribution >= 0.6 is 0 Å². The molecule has 0 bridgehead atoms. The summed E-state index contributed by atoms with van der Waals surface area (Å²) in [5, 5.41) is 22.6. The molecule has 1 aromatic heterocycles. The number of nitrogens with one attached hydrogen (secondary N) is 2. The number of hydrogen-bond donors (Lipinski definition) is 4. The Hall–Kier alpha value is -3.67. The number of hydrogen-bond acceptors (Lipinski definition) is 6. The lowest BCUT2D eigenvalue weighted by Gasteiger charge is -2.23. The molecule has 2 atom stereocenters. The lowest BCUT2D eigenvalue weighted by atomic mass is 10.0. The van der Waals surface area contributed by atoms with Gasteiger partial charge in [0, 0.05) is 25.0 Å². The molecule has 198 valence electrons. The molecule has 0 radical (unpaired) electrons. The first kappa shape index (κ1) is 30.4. The van der Waals surface area contributed by atoms with Gasteiger partial charge in [-0.05, 0) is 36.0 Å². The molecular weight excluding hydrogens is 483 g/mol. The molecule has 1 heterocycles. The molecule has 0 aliphatic carbocycles. The maximum atomic E-state index is 12.2. The van der Waals surface area contributed by atoms with E-state index < -0.39 is 30.2 Å². The molecule has 1 aromatic carbocycles. The van der Waals surface area contributed by atoms with Gasteiger partial charge in [0.2, 0.25) is 0 Å². The van der Waals surface area contributed by atoms with Gasteiger partial charge in [0.15, 0.2) is 0 Å². The highest BCUT2D eigenvalue weighted by atomic mass is 19.4. The van der Waals surface area contributed by atoms with E-state index in [2.05, 4.69) is 15.6 Å². The van der Waals surface area contributed by atoms with Gasteiger partial charge in [-0.3, -0.25) is 9.78 Å². The summed E-state index contributed by atoms with van der Waals surface area (Å²) >= 11 is 0. The summed E-state index contributed by atoms with van der Waals surface area (Å²) in [7, 11) is 0. The Morgan fingerprint density at radius 3 is 2.14 bits per heavy atom. The summed E-state index contributed by atoms with van der Waals surface area (Å²) in [6.07, 6.45) is -1.28. The minimum Gasteiger partial charge on any atom is -0.480 e. The number of aromatic nitrogens is 1. The van der Waals surface area contributed by atoms with Crippen molar-refractivity contribution in [1.82, 2.24) is 15.6 Å². The minimum atomic E-state index is -5.08. The van der Waals surface area contributed by atoms with Crippen LogP contribution in [-0.4, -0.2) is 58.0 Å². The van der Waals surface area contributed by atoms with Gasteiger partial charge in [0.1, 0.15) is 12.6 Å². The van der Waals surface area contributed by atoms with Gasteiger partial charge in [-0.25, -0.2) is 9.59 Å². The van der Waals surface area contributed by atoms with Crippen LogP contribution in [0.2, 0.25) is 0 Å². The van der Waals surface area contributed by atoms with Crippen molar-refractivity contribution in [2.75, 3.05) is 6.54 Å². The van der Waals surface area contributed by atoms with E-state index >= 15 is 0 Å². The Bertz CT molecular complexity index is 943. The second-order valence-electron chi connectivity index (χ2n) is 8.20. The number of alkyl carbamates (subject to hydrolysis) is 1. The standard InChI is InChI=1S/C22H29N3O4.C2HF3O2/c1-16(2)11-19(25-22(28)29-15-17-7-4-3-5-8-17)14-24-20(21(26)27)12-18-9-6-10-23-13-18;3-2(4,5)1(6)7/h3-10,13,16,19-20,24H,11-12,14-15H2,1-2H3,(H,25,28)(H,26,27);(H,6,7)/t19-,20-;/m0./s1. The molecular formula is C24H30F3N3O6. The summed E-state index contributed by atoms with van der Waals surface area (Å²) in [5.74, 6) is -3.37. The zero-order valence-electron chi connectivity index (χ0n) is 19.9. The van der Waals surface area contributed by atoms with Crippen molar-refractivity contribution in [2.45, 2.75) is 51.6 Å². The molecule has 0 saturated carbocycles. The van der Waals surface area contributed by atoms with Gasteiger partial charge in [-0.1, -0.05) is 50.2 Å². The number of pyridine rings is 1. The van der Waals surface area contributed by atoms with Crippen LogP contribution in [0.25, 0.3) is 0 Å². The molecule has 2 aromatic rings. The Morgan fingerprint density at radius 1 is 1.03 bits per heavy atom. The highest BCUT2D eigenvalue weighted by molar-refractivity contribution is 5.74. The van der Waals surface area contributed by atoms with Crippen LogP contribution in [0, 0.1) is 5.92 Å². The van der Waals surface area contributed by atoms with Crippen molar-refractivity contribution in [3.05, 3.63) is 66.0 Å². The number of carboxylic acid groups (broad SMARTS) is 2. The van der Waals surface area contributed by atoms with Gasteiger partial charge < -0.3 is 25.6 Å². The van der Waals surface area contributed by atoms with Crippen LogP contribution < -0.4 is 10.6 Å². The van der Waals surface area contributed by atoms with Gasteiger partial charge in [-0.15, -0.1) is 0 Å². The molecule has 36 heavy (non-hydrogen) atoms. The first-order valence-corrected chi connectivity index (χ1v) is 11.0. The van der Waals surface area contributed by atoms with Crippen LogP contribution in [-0.2, 0) is 27.4 Å². The molecule has 2 rings (SSSR count). The number of amides is 1.